The molecular formula is C18H11ClN2O. The van der Waals surface area contributed by atoms with Crippen LogP contribution in [0.25, 0.3) is 33.1 Å². The van der Waals surface area contributed by atoms with E-state index in [1.807, 2.05) is 48.5 Å². The summed E-state index contributed by atoms with van der Waals surface area (Å²) in [5, 5.41) is 2.47. The van der Waals surface area contributed by atoms with Gasteiger partial charge in [-0.2, -0.15) is 0 Å². The van der Waals surface area contributed by atoms with E-state index >= 15 is 0 Å². The third-order valence-electron chi connectivity index (χ3n) is 3.75. The van der Waals surface area contributed by atoms with Gasteiger partial charge in [-0.1, -0.05) is 29.8 Å². The molecule has 0 aliphatic rings. The van der Waals surface area contributed by atoms with Crippen molar-refractivity contribution in [3.63, 3.8) is 0 Å². The van der Waals surface area contributed by atoms with Crippen molar-refractivity contribution in [3.8, 4) is 11.3 Å². The quantitative estimate of drug-likeness (QED) is 0.425. The first-order valence-electron chi connectivity index (χ1n) is 6.88. The van der Waals surface area contributed by atoms with Gasteiger partial charge in [0.1, 0.15) is 11.4 Å². The van der Waals surface area contributed by atoms with Gasteiger partial charge in [-0.3, -0.25) is 4.79 Å². The number of hydrogen-bond acceptors (Lipinski definition) is 2. The Morgan fingerprint density at radius 3 is 2.73 bits per heavy atom. The molecule has 22 heavy (non-hydrogen) atoms. The van der Waals surface area contributed by atoms with E-state index in [0.717, 1.165) is 39.3 Å². The molecule has 0 spiro atoms. The number of halogens is 1. The summed E-state index contributed by atoms with van der Waals surface area (Å²) in [5.41, 5.74) is 4.23. The first-order chi connectivity index (χ1) is 10.7. The first kappa shape index (κ1) is 13.0. The van der Waals surface area contributed by atoms with Gasteiger partial charge < -0.3 is 4.98 Å². The van der Waals surface area contributed by atoms with Crippen molar-refractivity contribution >= 4 is 39.7 Å². The van der Waals surface area contributed by atoms with Crippen LogP contribution >= 0.6 is 11.6 Å². The largest absolute Gasteiger partial charge is 0.354 e. The molecule has 0 amide bonds. The predicted octanol–water partition coefficient (Wildman–Crippen LogP) is 4.85. The van der Waals surface area contributed by atoms with Crippen molar-refractivity contribution in [2.24, 2.45) is 0 Å². The highest BCUT2D eigenvalue weighted by Crippen LogP contribution is 2.31. The first-order valence-corrected chi connectivity index (χ1v) is 7.26. The molecular weight excluding hydrogens is 296 g/mol. The second-order valence-electron chi connectivity index (χ2n) is 5.17. The minimum absolute atomic E-state index is 0.459. The summed E-state index contributed by atoms with van der Waals surface area (Å²) in [6.07, 6.45) is 0.844. The van der Waals surface area contributed by atoms with Gasteiger partial charge >= 0.3 is 0 Å². The van der Waals surface area contributed by atoms with Crippen molar-refractivity contribution in [3.05, 3.63) is 65.3 Å². The fourth-order valence-corrected chi connectivity index (χ4v) is 2.90. The van der Waals surface area contributed by atoms with Gasteiger partial charge in [-0.15, -0.1) is 0 Å². The van der Waals surface area contributed by atoms with Gasteiger partial charge in [0, 0.05) is 33.1 Å². The Morgan fingerprint density at radius 2 is 1.86 bits per heavy atom. The number of aromatic nitrogens is 2. The van der Waals surface area contributed by atoms with Gasteiger partial charge in [0.05, 0.1) is 5.52 Å². The lowest BCUT2D eigenvalue weighted by Crippen LogP contribution is -1.85. The van der Waals surface area contributed by atoms with Crippen LogP contribution in [0.5, 0.6) is 0 Å². The molecule has 2 aromatic heterocycles. The molecule has 1 N–H and O–H groups in total. The zero-order valence-electron chi connectivity index (χ0n) is 11.5. The maximum absolute atomic E-state index is 10.9. The van der Waals surface area contributed by atoms with E-state index in [0.29, 0.717) is 10.7 Å². The molecule has 0 bridgehead atoms. The minimum atomic E-state index is 0.459. The highest BCUT2D eigenvalue weighted by atomic mass is 35.5. The molecule has 106 valence electrons. The summed E-state index contributed by atoms with van der Waals surface area (Å²) in [5.74, 6) is 0. The van der Waals surface area contributed by atoms with Gasteiger partial charge in [-0.25, -0.2) is 4.98 Å². The molecule has 4 rings (SSSR count). The summed E-state index contributed by atoms with van der Waals surface area (Å²) in [7, 11) is 0. The Bertz CT molecular complexity index is 1020. The molecule has 2 heterocycles. The van der Waals surface area contributed by atoms with E-state index in [1.165, 1.54) is 0 Å². The lowest BCUT2D eigenvalue weighted by atomic mass is 10.1. The second-order valence-corrected chi connectivity index (χ2v) is 5.53. The zero-order chi connectivity index (χ0) is 15.1. The Morgan fingerprint density at radius 1 is 1.00 bits per heavy atom. The molecule has 2 aromatic carbocycles. The lowest BCUT2D eigenvalue weighted by Gasteiger charge is -2.04. The number of nitrogens with zero attached hydrogens (tertiary/aromatic N) is 1. The molecule has 0 fully saturated rings. The summed E-state index contributed by atoms with van der Waals surface area (Å²) >= 11 is 6.34. The van der Waals surface area contributed by atoms with E-state index in [9.17, 15) is 4.79 Å². The highest BCUT2D eigenvalue weighted by molar-refractivity contribution is 6.32. The van der Waals surface area contributed by atoms with E-state index in [4.69, 9.17) is 11.6 Å². The van der Waals surface area contributed by atoms with Gasteiger partial charge in [0.15, 0.2) is 0 Å². The Labute approximate surface area is 131 Å². The van der Waals surface area contributed by atoms with Gasteiger partial charge in [-0.05, 0) is 36.4 Å². The number of pyridine rings is 1. The molecule has 0 aliphatic carbocycles. The molecule has 0 unspecified atom stereocenters. The Kier molecular flexibility index (Phi) is 2.94. The summed E-state index contributed by atoms with van der Waals surface area (Å²) in [4.78, 5) is 18.7. The van der Waals surface area contributed by atoms with Crippen LogP contribution in [-0.2, 0) is 0 Å². The molecule has 0 radical (unpaired) electrons. The minimum Gasteiger partial charge on any atom is -0.354 e. The molecule has 4 aromatic rings. The molecule has 0 saturated heterocycles. The fourth-order valence-electron chi connectivity index (χ4n) is 2.65. The third kappa shape index (κ3) is 2.07. The number of carbonyl (C=O) groups excluding carboxylic acids is 1. The van der Waals surface area contributed by atoms with Crippen molar-refractivity contribution in [1.29, 1.82) is 0 Å². The summed E-state index contributed by atoms with van der Waals surface area (Å²) in [6, 6.07) is 17.4. The fraction of sp³-hybridized carbons (Fsp3) is 0. The number of para-hydroxylation sites is 1. The van der Waals surface area contributed by atoms with Crippen molar-refractivity contribution in [1.82, 2.24) is 9.97 Å². The average Bonchev–Trinajstić information content (AvgIpc) is 2.96. The van der Waals surface area contributed by atoms with Crippen LogP contribution in [0.15, 0.2) is 54.6 Å². The zero-order valence-corrected chi connectivity index (χ0v) is 12.3. The van der Waals surface area contributed by atoms with Gasteiger partial charge in [0.2, 0.25) is 0 Å². The maximum Gasteiger partial charge on any atom is 0.150 e. The second kappa shape index (κ2) is 4.97. The van der Waals surface area contributed by atoms with Crippen LogP contribution in [0.3, 0.4) is 0 Å². The van der Waals surface area contributed by atoms with Crippen LogP contribution in [0.1, 0.15) is 10.4 Å². The number of aldehydes is 1. The smallest absolute Gasteiger partial charge is 0.150 e. The standard InChI is InChI=1S/C18H11ClN2O/c19-18-14(8-12-3-1-2-4-15(12)21-18)17-9-13-7-11(10-22)5-6-16(13)20-17/h1-10,20H. The number of benzene rings is 2. The van der Waals surface area contributed by atoms with Crippen LogP contribution in [-0.4, -0.2) is 16.3 Å². The maximum atomic E-state index is 10.9. The number of H-pyrrole nitrogens is 1. The Hall–Kier alpha value is -2.65. The van der Waals surface area contributed by atoms with Crippen LogP contribution in [0.4, 0.5) is 0 Å². The topological polar surface area (TPSA) is 45.8 Å². The third-order valence-corrected chi connectivity index (χ3v) is 4.04. The number of rotatable bonds is 2. The molecule has 0 saturated carbocycles. The van der Waals surface area contributed by atoms with E-state index in [1.54, 1.807) is 6.07 Å². The number of hydrogen-bond donors (Lipinski definition) is 1. The predicted molar refractivity (Wildman–Crippen MR) is 89.4 cm³/mol. The monoisotopic (exact) mass is 306 g/mol. The van der Waals surface area contributed by atoms with Gasteiger partial charge in [0.25, 0.3) is 0 Å². The van der Waals surface area contributed by atoms with Crippen LogP contribution < -0.4 is 0 Å². The lowest BCUT2D eigenvalue weighted by molar-refractivity contribution is 0.112. The van der Waals surface area contributed by atoms with Crippen molar-refractivity contribution < 1.29 is 4.79 Å². The highest BCUT2D eigenvalue weighted by Gasteiger charge is 2.10. The average molecular weight is 307 g/mol. The number of carbonyl (C=O) groups is 1. The summed E-state index contributed by atoms with van der Waals surface area (Å²) < 4.78 is 0. The van der Waals surface area contributed by atoms with Crippen LogP contribution in [0, 0.1) is 0 Å². The molecule has 0 aliphatic heterocycles. The Balaban J connectivity index is 1.94. The van der Waals surface area contributed by atoms with Crippen molar-refractivity contribution in [2.75, 3.05) is 0 Å². The SMILES string of the molecule is O=Cc1ccc2[nH]c(-c3cc4ccccc4nc3Cl)cc2c1. The van der Waals surface area contributed by atoms with Crippen molar-refractivity contribution in [2.45, 2.75) is 0 Å². The number of fused-ring (bicyclic) bond motifs is 2. The van der Waals surface area contributed by atoms with E-state index in [2.05, 4.69) is 9.97 Å². The molecule has 3 nitrogen and oxygen atoms in total. The van der Waals surface area contributed by atoms with E-state index in [-0.39, 0.29) is 0 Å². The van der Waals surface area contributed by atoms with Crippen LogP contribution in [0.2, 0.25) is 5.15 Å². The normalized spacial score (nSPS) is 11.1. The summed E-state index contributed by atoms with van der Waals surface area (Å²) in [6.45, 7) is 0. The molecule has 0 atom stereocenters. The molecule has 4 heteroatoms. The number of aromatic amines is 1. The van der Waals surface area contributed by atoms with E-state index < -0.39 is 0 Å². The number of nitrogens with one attached hydrogen (secondary N) is 1.